The summed E-state index contributed by atoms with van der Waals surface area (Å²) in [4.78, 5) is 12.6. The monoisotopic (exact) mass is 413 g/mol. The van der Waals surface area contributed by atoms with E-state index in [-0.39, 0.29) is 5.91 Å². The van der Waals surface area contributed by atoms with Gasteiger partial charge in [0.15, 0.2) is 0 Å². The van der Waals surface area contributed by atoms with Crippen LogP contribution in [0.15, 0.2) is 42.5 Å². The van der Waals surface area contributed by atoms with E-state index in [0.29, 0.717) is 35.1 Å². The second kappa shape index (κ2) is 9.01. The molecule has 0 unspecified atom stereocenters. The summed E-state index contributed by atoms with van der Waals surface area (Å²) >= 11 is 6.12. The predicted octanol–water partition coefficient (Wildman–Crippen LogP) is 4.73. The number of nitrogens with zero attached hydrogens (tertiary/aromatic N) is 2. The Hall–Kier alpha value is -2.99. The van der Waals surface area contributed by atoms with E-state index >= 15 is 0 Å². The number of para-hydroxylation sites is 1. The van der Waals surface area contributed by atoms with Crippen molar-refractivity contribution in [3.63, 3.8) is 0 Å². The van der Waals surface area contributed by atoms with Crippen LogP contribution in [0.2, 0.25) is 5.02 Å². The Balaban J connectivity index is 1.73. The molecule has 6 nitrogen and oxygen atoms in total. The fourth-order valence-corrected chi connectivity index (χ4v) is 3.50. The zero-order valence-corrected chi connectivity index (χ0v) is 17.7. The molecule has 0 aliphatic heterocycles. The smallest absolute Gasteiger partial charge is 0.224 e. The minimum Gasteiger partial charge on any atom is -0.495 e. The summed E-state index contributed by atoms with van der Waals surface area (Å²) in [5, 5.41) is 7.94. The normalized spacial score (nSPS) is 10.7. The van der Waals surface area contributed by atoms with Crippen LogP contribution < -0.4 is 14.8 Å². The second-order valence-corrected chi connectivity index (χ2v) is 7.04. The number of benzene rings is 2. The van der Waals surface area contributed by atoms with Gasteiger partial charge in [0.25, 0.3) is 0 Å². The van der Waals surface area contributed by atoms with Crippen molar-refractivity contribution in [3.05, 3.63) is 64.4 Å². The molecule has 0 atom stereocenters. The van der Waals surface area contributed by atoms with E-state index in [1.165, 1.54) is 14.2 Å². The average Bonchev–Trinajstić information content (AvgIpc) is 3.01. The SMILES string of the molecule is COc1cc(NC(=O)CCc2c(C)nn(-c3ccccc3)c2C)c(OC)cc1Cl. The van der Waals surface area contributed by atoms with Gasteiger partial charge in [-0.25, -0.2) is 4.68 Å². The minimum absolute atomic E-state index is 0.126. The first-order valence-corrected chi connectivity index (χ1v) is 9.64. The third-order valence-electron chi connectivity index (χ3n) is 4.79. The van der Waals surface area contributed by atoms with Gasteiger partial charge in [-0.05, 0) is 38.0 Å². The molecule has 29 heavy (non-hydrogen) atoms. The maximum atomic E-state index is 12.6. The van der Waals surface area contributed by atoms with Crippen LogP contribution in [-0.4, -0.2) is 29.9 Å². The molecule has 1 heterocycles. The van der Waals surface area contributed by atoms with Gasteiger partial charge in [-0.1, -0.05) is 29.8 Å². The van der Waals surface area contributed by atoms with E-state index in [2.05, 4.69) is 10.4 Å². The van der Waals surface area contributed by atoms with Crippen molar-refractivity contribution < 1.29 is 14.3 Å². The summed E-state index contributed by atoms with van der Waals surface area (Å²) in [6.07, 6.45) is 0.902. The van der Waals surface area contributed by atoms with Crippen molar-refractivity contribution in [2.45, 2.75) is 26.7 Å². The number of anilines is 1. The fraction of sp³-hybridized carbons (Fsp3) is 0.273. The fourth-order valence-electron chi connectivity index (χ4n) is 3.27. The number of aromatic nitrogens is 2. The topological polar surface area (TPSA) is 65.4 Å². The van der Waals surface area contributed by atoms with Gasteiger partial charge in [-0.3, -0.25) is 4.79 Å². The molecule has 0 saturated heterocycles. The van der Waals surface area contributed by atoms with E-state index in [1.54, 1.807) is 12.1 Å². The summed E-state index contributed by atoms with van der Waals surface area (Å²) in [7, 11) is 3.05. The highest BCUT2D eigenvalue weighted by Crippen LogP contribution is 2.36. The van der Waals surface area contributed by atoms with Crippen LogP contribution in [0.5, 0.6) is 11.5 Å². The van der Waals surface area contributed by atoms with Crippen LogP contribution in [-0.2, 0) is 11.2 Å². The Morgan fingerprint density at radius 2 is 1.79 bits per heavy atom. The Bertz CT molecular complexity index is 1020. The van der Waals surface area contributed by atoms with Crippen molar-refractivity contribution in [2.75, 3.05) is 19.5 Å². The summed E-state index contributed by atoms with van der Waals surface area (Å²) in [5.74, 6) is 0.825. The van der Waals surface area contributed by atoms with Gasteiger partial charge in [0.1, 0.15) is 11.5 Å². The lowest BCUT2D eigenvalue weighted by Crippen LogP contribution is -2.13. The molecule has 0 fully saturated rings. The van der Waals surface area contributed by atoms with Gasteiger partial charge in [0.2, 0.25) is 5.91 Å². The number of methoxy groups -OCH3 is 2. The summed E-state index contributed by atoms with van der Waals surface area (Å²) in [6, 6.07) is 13.2. The van der Waals surface area contributed by atoms with E-state index < -0.39 is 0 Å². The molecule has 1 aromatic heterocycles. The molecule has 1 amide bonds. The molecule has 0 saturated carbocycles. The van der Waals surface area contributed by atoms with Crippen molar-refractivity contribution in [2.24, 2.45) is 0 Å². The number of hydrogen-bond acceptors (Lipinski definition) is 4. The van der Waals surface area contributed by atoms with E-state index in [1.807, 2.05) is 48.9 Å². The Morgan fingerprint density at radius 3 is 2.45 bits per heavy atom. The first kappa shape index (κ1) is 20.7. The number of carbonyl (C=O) groups is 1. The molecule has 0 radical (unpaired) electrons. The van der Waals surface area contributed by atoms with Crippen LogP contribution in [0.4, 0.5) is 5.69 Å². The Labute approximate surface area is 175 Å². The van der Waals surface area contributed by atoms with Crippen molar-refractivity contribution in [1.82, 2.24) is 9.78 Å². The maximum Gasteiger partial charge on any atom is 0.224 e. The highest BCUT2D eigenvalue weighted by atomic mass is 35.5. The average molecular weight is 414 g/mol. The van der Waals surface area contributed by atoms with Crippen LogP contribution >= 0.6 is 11.6 Å². The van der Waals surface area contributed by atoms with Gasteiger partial charge in [-0.15, -0.1) is 0 Å². The Kier molecular flexibility index (Phi) is 6.44. The molecule has 152 valence electrons. The zero-order valence-electron chi connectivity index (χ0n) is 17.0. The number of halogens is 1. The number of nitrogens with one attached hydrogen (secondary N) is 1. The number of aryl methyl sites for hydroxylation is 1. The van der Waals surface area contributed by atoms with Crippen LogP contribution in [0.3, 0.4) is 0 Å². The predicted molar refractivity (Wildman–Crippen MR) is 115 cm³/mol. The van der Waals surface area contributed by atoms with Gasteiger partial charge >= 0.3 is 0 Å². The first-order chi connectivity index (χ1) is 13.9. The number of hydrogen-bond donors (Lipinski definition) is 1. The third-order valence-corrected chi connectivity index (χ3v) is 5.09. The number of carbonyl (C=O) groups excluding carboxylic acids is 1. The van der Waals surface area contributed by atoms with Crippen LogP contribution in [0, 0.1) is 13.8 Å². The zero-order chi connectivity index (χ0) is 21.0. The first-order valence-electron chi connectivity index (χ1n) is 9.26. The van der Waals surface area contributed by atoms with Gasteiger partial charge in [-0.2, -0.15) is 5.10 Å². The number of ether oxygens (including phenoxy) is 2. The quantitative estimate of drug-likeness (QED) is 0.608. The maximum absolute atomic E-state index is 12.6. The molecule has 0 aliphatic carbocycles. The molecule has 1 N–H and O–H groups in total. The van der Waals surface area contributed by atoms with E-state index in [0.717, 1.165) is 22.6 Å². The Morgan fingerprint density at radius 1 is 1.10 bits per heavy atom. The third kappa shape index (κ3) is 4.54. The number of amides is 1. The molecule has 2 aromatic carbocycles. The van der Waals surface area contributed by atoms with Crippen molar-refractivity contribution in [3.8, 4) is 17.2 Å². The van der Waals surface area contributed by atoms with Gasteiger partial charge < -0.3 is 14.8 Å². The van der Waals surface area contributed by atoms with Crippen molar-refractivity contribution >= 4 is 23.2 Å². The summed E-state index contributed by atoms with van der Waals surface area (Å²) < 4.78 is 12.4. The molecule has 7 heteroatoms. The molecule has 0 aliphatic rings. The molecular weight excluding hydrogens is 390 g/mol. The lowest BCUT2D eigenvalue weighted by molar-refractivity contribution is -0.116. The lowest BCUT2D eigenvalue weighted by atomic mass is 10.1. The van der Waals surface area contributed by atoms with Gasteiger partial charge in [0, 0.05) is 24.2 Å². The summed E-state index contributed by atoms with van der Waals surface area (Å²) in [6.45, 7) is 3.99. The molecular formula is C22H24ClN3O3. The molecule has 0 bridgehead atoms. The van der Waals surface area contributed by atoms with E-state index in [4.69, 9.17) is 21.1 Å². The summed E-state index contributed by atoms with van der Waals surface area (Å²) in [5.41, 5.74) is 4.55. The highest BCUT2D eigenvalue weighted by molar-refractivity contribution is 6.32. The van der Waals surface area contributed by atoms with Gasteiger partial charge in [0.05, 0.1) is 36.3 Å². The standard InChI is InChI=1S/C22H24ClN3O3/c1-14-17(15(2)26(25-14)16-8-6-5-7-9-16)10-11-22(27)24-19-13-20(28-3)18(23)12-21(19)29-4/h5-9,12-13H,10-11H2,1-4H3,(H,24,27). The van der Waals surface area contributed by atoms with Crippen LogP contribution in [0.1, 0.15) is 23.4 Å². The van der Waals surface area contributed by atoms with E-state index in [9.17, 15) is 4.79 Å². The van der Waals surface area contributed by atoms with Crippen LogP contribution in [0.25, 0.3) is 5.69 Å². The largest absolute Gasteiger partial charge is 0.495 e. The lowest BCUT2D eigenvalue weighted by Gasteiger charge is -2.13. The molecule has 0 spiro atoms. The second-order valence-electron chi connectivity index (χ2n) is 6.63. The highest BCUT2D eigenvalue weighted by Gasteiger charge is 2.16. The molecule has 3 aromatic rings. The van der Waals surface area contributed by atoms with Crippen molar-refractivity contribution in [1.29, 1.82) is 0 Å². The molecule has 3 rings (SSSR count). The minimum atomic E-state index is -0.126. The number of rotatable bonds is 7.